The van der Waals surface area contributed by atoms with Crippen molar-refractivity contribution in [3.63, 3.8) is 0 Å². The molecule has 0 saturated carbocycles. The smallest absolute Gasteiger partial charge is 0.361 e. The SMILES string of the molecule is CCCCCCCCCCCCCCCCCCCCCCCC(=O)OC(COC(=O)CCCCCCCCCCCCC)COC(OCC[N+](C)(C)C)C(=O)O. The summed E-state index contributed by atoms with van der Waals surface area (Å²) in [5, 5.41) is 9.64. The van der Waals surface area contributed by atoms with E-state index in [2.05, 4.69) is 13.8 Å². The Balaban J connectivity index is 4.27. The zero-order chi connectivity index (χ0) is 42.1. The Kier molecular flexibility index (Phi) is 39.8. The number of aliphatic carboxylic acids is 1. The molecule has 0 aliphatic carbocycles. The number of ether oxygens (including phenoxy) is 4. The summed E-state index contributed by atoms with van der Waals surface area (Å²) in [5.74, 6) is -1.99. The normalized spacial score (nSPS) is 12.8. The van der Waals surface area contributed by atoms with Crippen LogP contribution >= 0.6 is 0 Å². The molecule has 0 aromatic heterocycles. The summed E-state index contributed by atoms with van der Waals surface area (Å²) in [7, 11) is 5.97. The highest BCUT2D eigenvalue weighted by atomic mass is 16.7. The number of carboxylic acids is 1. The van der Waals surface area contributed by atoms with E-state index in [1.807, 2.05) is 21.1 Å². The number of unbranched alkanes of at least 4 members (excludes halogenated alkanes) is 30. The molecule has 0 aromatic carbocycles. The first kappa shape index (κ1) is 55.3. The van der Waals surface area contributed by atoms with Crippen LogP contribution in [0.1, 0.15) is 232 Å². The van der Waals surface area contributed by atoms with Crippen molar-refractivity contribution in [3.05, 3.63) is 0 Å². The van der Waals surface area contributed by atoms with Gasteiger partial charge >= 0.3 is 17.9 Å². The summed E-state index contributed by atoms with van der Waals surface area (Å²) in [5.41, 5.74) is 0. The van der Waals surface area contributed by atoms with E-state index in [1.165, 1.54) is 167 Å². The maximum Gasteiger partial charge on any atom is 0.361 e. The Morgan fingerprint density at radius 2 is 0.789 bits per heavy atom. The fourth-order valence-electron chi connectivity index (χ4n) is 7.07. The minimum Gasteiger partial charge on any atom is -0.477 e. The lowest BCUT2D eigenvalue weighted by Gasteiger charge is -2.25. The van der Waals surface area contributed by atoms with Crippen molar-refractivity contribution in [1.82, 2.24) is 0 Å². The number of likely N-dealkylation sites (N-methyl/N-ethyl adjacent to an activating group) is 1. The quantitative estimate of drug-likeness (QED) is 0.0280. The molecule has 0 saturated heterocycles. The number of hydrogen-bond donors (Lipinski definition) is 1. The molecule has 9 nitrogen and oxygen atoms in total. The molecule has 0 radical (unpaired) electrons. The fraction of sp³-hybridized carbons (Fsp3) is 0.938. The Bertz CT molecular complexity index is 907. The van der Waals surface area contributed by atoms with E-state index in [-0.39, 0.29) is 38.2 Å². The summed E-state index contributed by atoms with van der Waals surface area (Å²) >= 11 is 0. The predicted molar refractivity (Wildman–Crippen MR) is 235 cm³/mol. The van der Waals surface area contributed by atoms with Crippen LogP contribution in [0.3, 0.4) is 0 Å². The zero-order valence-corrected chi connectivity index (χ0v) is 38.3. The third kappa shape index (κ3) is 42.2. The third-order valence-corrected chi connectivity index (χ3v) is 10.9. The molecule has 0 fully saturated rings. The molecule has 1 N–H and O–H groups in total. The van der Waals surface area contributed by atoms with Crippen molar-refractivity contribution >= 4 is 17.9 Å². The predicted octanol–water partition coefficient (Wildman–Crippen LogP) is 12.9. The van der Waals surface area contributed by atoms with Crippen molar-refractivity contribution in [2.75, 3.05) is 47.5 Å². The second kappa shape index (κ2) is 41.0. The molecule has 2 unspecified atom stereocenters. The van der Waals surface area contributed by atoms with Gasteiger partial charge in [-0.3, -0.25) is 9.59 Å². The second-order valence-electron chi connectivity index (χ2n) is 17.8. The molecule has 0 spiro atoms. The second-order valence-corrected chi connectivity index (χ2v) is 17.8. The first-order valence-electron chi connectivity index (χ1n) is 24.2. The molecule has 0 amide bonds. The minimum absolute atomic E-state index is 0.173. The number of hydrogen-bond acceptors (Lipinski definition) is 7. The van der Waals surface area contributed by atoms with Crippen LogP contribution in [0.25, 0.3) is 0 Å². The molecule has 57 heavy (non-hydrogen) atoms. The highest BCUT2D eigenvalue weighted by molar-refractivity contribution is 5.71. The lowest BCUT2D eigenvalue weighted by molar-refractivity contribution is -0.870. The van der Waals surface area contributed by atoms with Gasteiger partial charge in [-0.25, -0.2) is 4.79 Å². The van der Waals surface area contributed by atoms with E-state index in [0.717, 1.165) is 38.5 Å². The maximum atomic E-state index is 12.8. The van der Waals surface area contributed by atoms with E-state index in [4.69, 9.17) is 18.9 Å². The molecule has 0 rings (SSSR count). The monoisotopic (exact) mass is 813 g/mol. The molecule has 338 valence electrons. The van der Waals surface area contributed by atoms with Gasteiger partial charge in [0.15, 0.2) is 6.10 Å². The molecule has 0 bridgehead atoms. The number of carboxylic acid groups (broad SMARTS) is 1. The summed E-state index contributed by atoms with van der Waals surface area (Å²) in [6, 6.07) is 0. The topological polar surface area (TPSA) is 108 Å². The van der Waals surface area contributed by atoms with Crippen molar-refractivity contribution in [1.29, 1.82) is 0 Å². The van der Waals surface area contributed by atoms with Gasteiger partial charge in [-0.05, 0) is 12.8 Å². The van der Waals surface area contributed by atoms with Crippen LogP contribution in [-0.4, -0.2) is 87.4 Å². The van der Waals surface area contributed by atoms with Crippen LogP contribution in [0.4, 0.5) is 0 Å². The van der Waals surface area contributed by atoms with E-state index in [0.29, 0.717) is 17.4 Å². The lowest BCUT2D eigenvalue weighted by Crippen LogP contribution is -2.40. The standard InChI is InChI=1S/C48H93NO8/c1-6-8-10-12-14-16-18-19-20-21-22-23-24-25-26-27-29-31-33-35-37-39-46(51)57-44(43-56-48(47(52)53)54-41-40-49(3,4)5)42-55-45(50)38-36-34-32-30-28-17-15-13-11-9-7-2/h44,48H,6-43H2,1-5H3/p+1. The van der Waals surface area contributed by atoms with E-state index >= 15 is 0 Å². The maximum absolute atomic E-state index is 12.8. The largest absolute Gasteiger partial charge is 0.477 e. The van der Waals surface area contributed by atoms with Crippen LogP contribution in [0.2, 0.25) is 0 Å². The molecule has 9 heteroatoms. The number of rotatable bonds is 45. The van der Waals surface area contributed by atoms with Crippen LogP contribution in [0.5, 0.6) is 0 Å². The van der Waals surface area contributed by atoms with Gasteiger partial charge in [-0.15, -0.1) is 0 Å². The van der Waals surface area contributed by atoms with Gasteiger partial charge < -0.3 is 28.5 Å². The number of carbonyl (C=O) groups excluding carboxylic acids is 2. The molecule has 0 aliphatic heterocycles. The third-order valence-electron chi connectivity index (χ3n) is 10.9. The summed E-state index contributed by atoms with van der Waals surface area (Å²) < 4.78 is 22.8. The minimum atomic E-state index is -1.50. The first-order valence-corrected chi connectivity index (χ1v) is 24.2. The van der Waals surface area contributed by atoms with Crippen molar-refractivity contribution in [2.45, 2.75) is 245 Å². The van der Waals surface area contributed by atoms with Crippen LogP contribution in [0, 0.1) is 0 Å². The molecule has 0 heterocycles. The number of nitrogens with zero attached hydrogens (tertiary/aromatic N) is 1. The molecule has 2 atom stereocenters. The van der Waals surface area contributed by atoms with Gasteiger partial charge in [0.25, 0.3) is 6.29 Å². The summed E-state index contributed by atoms with van der Waals surface area (Å²) in [4.78, 5) is 37.1. The van der Waals surface area contributed by atoms with Gasteiger partial charge in [0, 0.05) is 12.8 Å². The Hall–Kier alpha value is -1.71. The molecule has 0 aromatic rings. The van der Waals surface area contributed by atoms with Gasteiger partial charge in [-0.2, -0.15) is 0 Å². The fourth-order valence-corrected chi connectivity index (χ4v) is 7.07. The van der Waals surface area contributed by atoms with E-state index < -0.39 is 18.4 Å². The molecule has 0 aliphatic rings. The lowest BCUT2D eigenvalue weighted by atomic mass is 10.0. The van der Waals surface area contributed by atoms with Crippen molar-refractivity contribution in [3.8, 4) is 0 Å². The van der Waals surface area contributed by atoms with Crippen molar-refractivity contribution in [2.24, 2.45) is 0 Å². The Labute approximate surface area is 352 Å². The average Bonchev–Trinajstić information content (AvgIpc) is 3.17. The summed E-state index contributed by atoms with van der Waals surface area (Å²) in [6.45, 7) is 4.90. The highest BCUT2D eigenvalue weighted by Crippen LogP contribution is 2.16. The average molecular weight is 813 g/mol. The number of esters is 2. The van der Waals surface area contributed by atoms with Gasteiger partial charge in [-0.1, -0.05) is 206 Å². The molecular formula is C48H94NO8+. The number of carbonyl (C=O) groups is 3. The van der Waals surface area contributed by atoms with Crippen LogP contribution in [0.15, 0.2) is 0 Å². The van der Waals surface area contributed by atoms with Crippen LogP contribution < -0.4 is 0 Å². The number of quaternary nitrogens is 1. The zero-order valence-electron chi connectivity index (χ0n) is 38.3. The summed E-state index contributed by atoms with van der Waals surface area (Å²) in [6.07, 6.45) is 38.8. The van der Waals surface area contributed by atoms with E-state index in [9.17, 15) is 19.5 Å². The van der Waals surface area contributed by atoms with Gasteiger partial charge in [0.05, 0.1) is 34.4 Å². The van der Waals surface area contributed by atoms with Crippen molar-refractivity contribution < 1.29 is 42.9 Å². The van der Waals surface area contributed by atoms with Gasteiger partial charge in [0.1, 0.15) is 13.2 Å². The Morgan fingerprint density at radius 1 is 0.456 bits per heavy atom. The Morgan fingerprint density at radius 3 is 1.12 bits per heavy atom. The van der Waals surface area contributed by atoms with Gasteiger partial charge in [0.2, 0.25) is 0 Å². The molecular weight excluding hydrogens is 719 g/mol. The first-order chi connectivity index (χ1) is 27.6. The highest BCUT2D eigenvalue weighted by Gasteiger charge is 2.25. The van der Waals surface area contributed by atoms with Crippen LogP contribution in [-0.2, 0) is 33.3 Å². The van der Waals surface area contributed by atoms with E-state index in [1.54, 1.807) is 0 Å².